The number of hydrogen-bond donors (Lipinski definition) is 2. The van der Waals surface area contributed by atoms with E-state index in [1.165, 1.54) is 11.1 Å². The molecule has 2 amide bonds. The van der Waals surface area contributed by atoms with Crippen LogP contribution in [0.4, 0.5) is 4.79 Å². The highest BCUT2D eigenvalue weighted by Crippen LogP contribution is 2.44. The van der Waals surface area contributed by atoms with Crippen molar-refractivity contribution in [1.29, 1.82) is 0 Å². The lowest BCUT2D eigenvalue weighted by Crippen LogP contribution is -2.53. The number of nitrogens with zero attached hydrogens (tertiary/aromatic N) is 1. The van der Waals surface area contributed by atoms with E-state index in [2.05, 4.69) is 29.6 Å². The van der Waals surface area contributed by atoms with Crippen LogP contribution in [0.2, 0.25) is 0 Å². The van der Waals surface area contributed by atoms with Crippen LogP contribution in [-0.2, 0) is 14.3 Å². The Balaban J connectivity index is 1.30. The second-order valence-corrected chi connectivity index (χ2v) is 8.90. The minimum atomic E-state index is -0.839. The van der Waals surface area contributed by atoms with E-state index in [4.69, 9.17) is 9.84 Å². The van der Waals surface area contributed by atoms with Crippen molar-refractivity contribution in [2.24, 2.45) is 11.8 Å². The summed E-state index contributed by atoms with van der Waals surface area (Å²) in [7, 11) is 0. The first kappa shape index (κ1) is 22.8. The zero-order valence-electron chi connectivity index (χ0n) is 18.8. The van der Waals surface area contributed by atoms with Crippen LogP contribution in [0.5, 0.6) is 0 Å². The van der Waals surface area contributed by atoms with Gasteiger partial charge in [0.15, 0.2) is 0 Å². The fraction of sp³-hybridized carbons (Fsp3) is 0.423. The molecule has 0 saturated carbocycles. The predicted molar refractivity (Wildman–Crippen MR) is 124 cm³/mol. The molecule has 1 aliphatic heterocycles. The monoisotopic (exact) mass is 450 g/mol. The maximum atomic E-state index is 12.8. The predicted octanol–water partition coefficient (Wildman–Crippen LogP) is 3.87. The number of amides is 2. The van der Waals surface area contributed by atoms with Gasteiger partial charge in [0.05, 0.1) is 12.3 Å². The van der Waals surface area contributed by atoms with Crippen LogP contribution < -0.4 is 5.32 Å². The second-order valence-electron chi connectivity index (χ2n) is 8.90. The lowest BCUT2D eigenvalue weighted by molar-refractivity contribution is -0.147. The average Bonchev–Trinajstić information content (AvgIpc) is 3.10. The van der Waals surface area contributed by atoms with Gasteiger partial charge in [-0.3, -0.25) is 9.59 Å². The Hall–Kier alpha value is -3.35. The summed E-state index contributed by atoms with van der Waals surface area (Å²) in [4.78, 5) is 37.8. The molecule has 1 fully saturated rings. The van der Waals surface area contributed by atoms with Crippen molar-refractivity contribution in [3.63, 3.8) is 0 Å². The zero-order chi connectivity index (χ0) is 23.4. The third-order valence-electron chi connectivity index (χ3n) is 6.55. The number of carboxylic acid groups (broad SMARTS) is 1. The molecule has 1 unspecified atom stereocenters. The fourth-order valence-corrected chi connectivity index (χ4v) is 4.90. The maximum Gasteiger partial charge on any atom is 0.407 e. The van der Waals surface area contributed by atoms with Crippen molar-refractivity contribution >= 4 is 18.0 Å². The molecule has 2 N–H and O–H groups in total. The van der Waals surface area contributed by atoms with Gasteiger partial charge in [0, 0.05) is 31.5 Å². The van der Waals surface area contributed by atoms with Crippen LogP contribution in [0.15, 0.2) is 48.5 Å². The van der Waals surface area contributed by atoms with Gasteiger partial charge in [0.1, 0.15) is 6.61 Å². The molecule has 7 heteroatoms. The number of benzene rings is 2. The lowest BCUT2D eigenvalue weighted by Gasteiger charge is -2.40. The standard InChI is InChI=1S/C26H30N2O5/c1-2-7-18(25(31)28-14-17(15-28)12-24(29)30)13-27-26(32)33-16-23-21-10-5-3-8-19(21)20-9-4-6-11-22(20)23/h3-6,8-11,17-18,23H,2,7,12-16H2,1H3,(H,27,32)(H,29,30). The molecular weight excluding hydrogens is 420 g/mol. The van der Waals surface area contributed by atoms with Gasteiger partial charge >= 0.3 is 12.1 Å². The van der Waals surface area contributed by atoms with Gasteiger partial charge in [0.2, 0.25) is 5.91 Å². The minimum absolute atomic E-state index is 0.0107. The molecule has 0 spiro atoms. The van der Waals surface area contributed by atoms with Gasteiger partial charge in [-0.15, -0.1) is 0 Å². The van der Waals surface area contributed by atoms with Crippen molar-refractivity contribution in [2.45, 2.75) is 32.1 Å². The molecule has 1 heterocycles. The quantitative estimate of drug-likeness (QED) is 0.605. The molecule has 1 aliphatic carbocycles. The number of likely N-dealkylation sites (tertiary alicyclic amines) is 1. The Labute approximate surface area is 193 Å². The molecule has 2 aromatic carbocycles. The van der Waals surface area contributed by atoms with Crippen molar-refractivity contribution in [3.8, 4) is 11.1 Å². The first-order chi connectivity index (χ1) is 16.0. The number of carboxylic acids is 1. The van der Waals surface area contributed by atoms with Gasteiger partial charge in [-0.05, 0) is 28.7 Å². The summed E-state index contributed by atoms with van der Waals surface area (Å²) in [5, 5.41) is 11.6. The summed E-state index contributed by atoms with van der Waals surface area (Å²) in [6, 6.07) is 16.3. The third-order valence-corrected chi connectivity index (χ3v) is 6.55. The van der Waals surface area contributed by atoms with Crippen LogP contribution in [0.1, 0.15) is 43.2 Å². The molecule has 7 nitrogen and oxygen atoms in total. The van der Waals surface area contributed by atoms with Gasteiger partial charge in [-0.25, -0.2) is 4.79 Å². The Bertz CT molecular complexity index is 985. The average molecular weight is 451 g/mol. The van der Waals surface area contributed by atoms with Crippen molar-refractivity contribution in [1.82, 2.24) is 10.2 Å². The van der Waals surface area contributed by atoms with Crippen LogP contribution in [-0.4, -0.2) is 54.2 Å². The van der Waals surface area contributed by atoms with E-state index < -0.39 is 12.1 Å². The summed E-state index contributed by atoms with van der Waals surface area (Å²) < 4.78 is 5.57. The summed E-state index contributed by atoms with van der Waals surface area (Å²) in [5.41, 5.74) is 4.65. The zero-order valence-corrected chi connectivity index (χ0v) is 18.8. The SMILES string of the molecule is CCCC(CNC(=O)OCC1c2ccccc2-c2ccccc21)C(=O)N1CC(CC(=O)O)C1. The molecule has 0 bridgehead atoms. The largest absolute Gasteiger partial charge is 0.481 e. The van der Waals surface area contributed by atoms with E-state index in [1.54, 1.807) is 4.90 Å². The molecule has 2 aromatic rings. The Morgan fingerprint density at radius 2 is 1.67 bits per heavy atom. The van der Waals surface area contributed by atoms with Crippen LogP contribution in [0.25, 0.3) is 11.1 Å². The van der Waals surface area contributed by atoms with Crippen molar-refractivity contribution < 1.29 is 24.2 Å². The smallest absolute Gasteiger partial charge is 0.407 e. The molecular formula is C26H30N2O5. The number of nitrogens with one attached hydrogen (secondary N) is 1. The van der Waals surface area contributed by atoms with Crippen LogP contribution in [0.3, 0.4) is 0 Å². The second kappa shape index (κ2) is 10.1. The highest BCUT2D eigenvalue weighted by atomic mass is 16.5. The topological polar surface area (TPSA) is 95.9 Å². The number of rotatable bonds is 9. The van der Waals surface area contributed by atoms with E-state index in [-0.39, 0.29) is 43.2 Å². The van der Waals surface area contributed by atoms with E-state index in [0.717, 1.165) is 17.5 Å². The number of ether oxygens (including phenoxy) is 1. The van der Waals surface area contributed by atoms with Crippen LogP contribution in [0, 0.1) is 11.8 Å². The van der Waals surface area contributed by atoms with E-state index in [0.29, 0.717) is 19.5 Å². The first-order valence-electron chi connectivity index (χ1n) is 11.6. The maximum absolute atomic E-state index is 12.8. The van der Waals surface area contributed by atoms with Crippen LogP contribution >= 0.6 is 0 Å². The summed E-state index contributed by atoms with van der Waals surface area (Å²) in [5.74, 6) is -1.19. The molecule has 1 saturated heterocycles. The van der Waals surface area contributed by atoms with Gasteiger partial charge < -0.3 is 20.1 Å². The Morgan fingerprint density at radius 3 is 2.24 bits per heavy atom. The normalized spacial score (nSPS) is 15.8. The number of alkyl carbamates (subject to hydrolysis) is 1. The fourth-order valence-electron chi connectivity index (χ4n) is 4.90. The van der Waals surface area contributed by atoms with Crippen molar-refractivity contribution in [3.05, 3.63) is 59.7 Å². The molecule has 1 atom stereocenters. The highest BCUT2D eigenvalue weighted by molar-refractivity contribution is 5.81. The molecule has 0 aromatic heterocycles. The Kier molecular flexibility index (Phi) is 6.96. The molecule has 33 heavy (non-hydrogen) atoms. The summed E-state index contributed by atoms with van der Waals surface area (Å²) in [6.45, 7) is 3.38. The molecule has 2 aliphatic rings. The van der Waals surface area contributed by atoms with E-state index in [1.807, 2.05) is 31.2 Å². The highest BCUT2D eigenvalue weighted by Gasteiger charge is 2.35. The number of carbonyl (C=O) groups excluding carboxylic acids is 2. The molecule has 174 valence electrons. The number of hydrogen-bond acceptors (Lipinski definition) is 4. The van der Waals surface area contributed by atoms with E-state index >= 15 is 0 Å². The number of fused-ring (bicyclic) bond motifs is 3. The molecule has 0 radical (unpaired) electrons. The van der Waals surface area contributed by atoms with Gasteiger partial charge in [-0.2, -0.15) is 0 Å². The van der Waals surface area contributed by atoms with Crippen molar-refractivity contribution in [2.75, 3.05) is 26.2 Å². The number of aliphatic carboxylic acids is 1. The van der Waals surface area contributed by atoms with E-state index in [9.17, 15) is 14.4 Å². The summed E-state index contributed by atoms with van der Waals surface area (Å²) in [6.07, 6.45) is 1.02. The number of carbonyl (C=O) groups is 3. The summed E-state index contributed by atoms with van der Waals surface area (Å²) >= 11 is 0. The van der Waals surface area contributed by atoms with Gasteiger partial charge in [-0.1, -0.05) is 61.9 Å². The third kappa shape index (κ3) is 5.02. The molecule has 4 rings (SSSR count). The Morgan fingerprint density at radius 1 is 1.06 bits per heavy atom. The minimum Gasteiger partial charge on any atom is -0.481 e. The lowest BCUT2D eigenvalue weighted by atomic mass is 9.93. The van der Waals surface area contributed by atoms with Gasteiger partial charge in [0.25, 0.3) is 0 Å². The first-order valence-corrected chi connectivity index (χ1v) is 11.6.